The van der Waals surface area contributed by atoms with Gasteiger partial charge in [0.2, 0.25) is 0 Å². The molecule has 0 saturated carbocycles. The molecule has 0 radical (unpaired) electrons. The van der Waals surface area contributed by atoms with Crippen LogP contribution in [0.5, 0.6) is 0 Å². The molecule has 1 aliphatic carbocycles. The summed E-state index contributed by atoms with van der Waals surface area (Å²) in [7, 11) is 3.40. The van der Waals surface area contributed by atoms with Crippen molar-refractivity contribution in [2.45, 2.75) is 51.0 Å². The normalized spacial score (nSPS) is 13.8. The van der Waals surface area contributed by atoms with Crippen LogP contribution in [-0.4, -0.2) is 50.7 Å². The number of aryl methyl sites for hydroxylation is 4. The third-order valence-electron chi connectivity index (χ3n) is 7.15. The molecule has 2 heterocycles. The summed E-state index contributed by atoms with van der Waals surface area (Å²) in [6, 6.07) is 17.3. The fourth-order valence-electron chi connectivity index (χ4n) is 5.19. The van der Waals surface area contributed by atoms with Crippen molar-refractivity contribution in [2.24, 2.45) is 0 Å². The fourth-order valence-corrected chi connectivity index (χ4v) is 5.19. The first-order chi connectivity index (χ1) is 17.9. The van der Waals surface area contributed by atoms with Crippen molar-refractivity contribution in [1.82, 2.24) is 19.7 Å². The lowest BCUT2D eigenvalue weighted by Crippen LogP contribution is -2.22. The van der Waals surface area contributed by atoms with E-state index >= 15 is 0 Å². The summed E-state index contributed by atoms with van der Waals surface area (Å²) in [4.78, 5) is 30.7. The van der Waals surface area contributed by atoms with Gasteiger partial charge in [-0.25, -0.2) is 0 Å². The molecule has 37 heavy (non-hydrogen) atoms. The predicted octanol–water partition coefficient (Wildman–Crippen LogP) is 4.86. The lowest BCUT2D eigenvalue weighted by molar-refractivity contribution is -0.137. The van der Waals surface area contributed by atoms with Crippen LogP contribution in [0, 0.1) is 0 Å². The number of pyridine rings is 1. The lowest BCUT2D eigenvalue weighted by Gasteiger charge is -2.19. The van der Waals surface area contributed by atoms with E-state index in [0.29, 0.717) is 5.56 Å². The molecule has 5 rings (SSSR count). The van der Waals surface area contributed by atoms with Crippen LogP contribution in [-0.2, 0) is 30.5 Å². The highest BCUT2D eigenvalue weighted by Crippen LogP contribution is 2.28. The Labute approximate surface area is 216 Å². The molecule has 7 nitrogen and oxygen atoms in total. The van der Waals surface area contributed by atoms with Crippen molar-refractivity contribution >= 4 is 22.8 Å². The number of nitrogens with zero attached hydrogens (tertiary/aromatic N) is 4. The Hall–Kier alpha value is -4.00. The molecule has 0 spiro atoms. The predicted molar refractivity (Wildman–Crippen MR) is 143 cm³/mol. The minimum atomic E-state index is -0.924. The van der Waals surface area contributed by atoms with Crippen molar-refractivity contribution in [2.75, 3.05) is 14.1 Å². The van der Waals surface area contributed by atoms with Gasteiger partial charge < -0.3 is 10.0 Å². The van der Waals surface area contributed by atoms with Gasteiger partial charge in [-0.1, -0.05) is 24.3 Å². The van der Waals surface area contributed by atoms with Gasteiger partial charge in [-0.2, -0.15) is 5.10 Å². The van der Waals surface area contributed by atoms with E-state index in [4.69, 9.17) is 4.98 Å². The highest BCUT2D eigenvalue weighted by Gasteiger charge is 2.22. The minimum Gasteiger partial charge on any atom is -0.481 e. The molecule has 190 valence electrons. The number of aliphatic carboxylic acids is 1. The van der Waals surface area contributed by atoms with Crippen LogP contribution in [0.3, 0.4) is 0 Å². The van der Waals surface area contributed by atoms with Gasteiger partial charge in [0.1, 0.15) is 0 Å². The number of carboxylic acid groups (broad SMARTS) is 1. The number of hydrogen-bond acceptors (Lipinski definition) is 4. The van der Waals surface area contributed by atoms with Crippen LogP contribution < -0.4 is 0 Å². The molecule has 2 aromatic heterocycles. The molecule has 1 unspecified atom stereocenters. The van der Waals surface area contributed by atoms with Gasteiger partial charge in [0.25, 0.3) is 5.91 Å². The van der Waals surface area contributed by atoms with Crippen LogP contribution >= 0.6 is 0 Å². The molecule has 1 N–H and O–H groups in total. The van der Waals surface area contributed by atoms with E-state index in [0.717, 1.165) is 47.8 Å². The smallest absolute Gasteiger partial charge is 0.305 e. The number of benzene rings is 2. The third-order valence-corrected chi connectivity index (χ3v) is 7.15. The quantitative estimate of drug-likeness (QED) is 0.376. The van der Waals surface area contributed by atoms with Crippen LogP contribution in [0.15, 0.2) is 60.8 Å². The summed E-state index contributed by atoms with van der Waals surface area (Å²) in [6.07, 6.45) is 8.11. The monoisotopic (exact) mass is 496 g/mol. The number of fused-ring (bicyclic) bond motifs is 2. The Morgan fingerprint density at radius 2 is 1.86 bits per heavy atom. The van der Waals surface area contributed by atoms with Crippen molar-refractivity contribution in [3.05, 3.63) is 94.4 Å². The summed E-state index contributed by atoms with van der Waals surface area (Å²) in [5, 5.41) is 15.2. The first kappa shape index (κ1) is 24.7. The van der Waals surface area contributed by atoms with Gasteiger partial charge in [0.15, 0.2) is 0 Å². The molecule has 1 amide bonds. The topological polar surface area (TPSA) is 88.3 Å². The standard InChI is InChI=1S/C30H32N4O3/c1-33(2)30(37)23-8-5-7-22(17-23)28(18-29(35)36)34-27-15-11-20(16-24(27)19-31-34)10-13-25-14-12-21-6-3-4-9-26(21)32-25/h5,7-8,11-12,14-17,19,28H,3-4,6,9-10,13,18H2,1-2H3,(H,35,36). The van der Waals surface area contributed by atoms with E-state index in [2.05, 4.69) is 29.4 Å². The molecular formula is C30H32N4O3. The zero-order chi connectivity index (χ0) is 25.9. The molecule has 0 fully saturated rings. The second-order valence-corrected chi connectivity index (χ2v) is 10.0. The molecule has 0 bridgehead atoms. The molecule has 1 aliphatic rings. The van der Waals surface area contributed by atoms with Crippen LogP contribution in [0.4, 0.5) is 0 Å². The second kappa shape index (κ2) is 10.5. The molecular weight excluding hydrogens is 464 g/mol. The van der Waals surface area contributed by atoms with Crippen molar-refractivity contribution < 1.29 is 14.7 Å². The maximum Gasteiger partial charge on any atom is 0.305 e. The summed E-state index contributed by atoms with van der Waals surface area (Å²) in [5.74, 6) is -1.05. The van der Waals surface area contributed by atoms with E-state index in [1.54, 1.807) is 43.2 Å². The van der Waals surface area contributed by atoms with E-state index < -0.39 is 12.0 Å². The number of amides is 1. The minimum absolute atomic E-state index is 0.126. The maximum atomic E-state index is 12.5. The Balaban J connectivity index is 1.39. The first-order valence-corrected chi connectivity index (χ1v) is 12.9. The van der Waals surface area contributed by atoms with Crippen LogP contribution in [0.2, 0.25) is 0 Å². The Bertz CT molecular complexity index is 1460. The number of carbonyl (C=O) groups is 2. The average Bonchev–Trinajstić information content (AvgIpc) is 3.33. The SMILES string of the molecule is CN(C)C(=O)c1cccc(C(CC(=O)O)n2ncc3cc(CCc4ccc5c(n4)CCCC5)ccc32)c1. The zero-order valence-corrected chi connectivity index (χ0v) is 21.4. The number of rotatable bonds is 8. The highest BCUT2D eigenvalue weighted by molar-refractivity contribution is 5.94. The number of carboxylic acids is 1. The number of hydrogen-bond donors (Lipinski definition) is 1. The summed E-state index contributed by atoms with van der Waals surface area (Å²) in [6.45, 7) is 0. The van der Waals surface area contributed by atoms with Gasteiger partial charge in [-0.15, -0.1) is 0 Å². The van der Waals surface area contributed by atoms with Crippen LogP contribution in [0.1, 0.15) is 63.7 Å². The van der Waals surface area contributed by atoms with Crippen LogP contribution in [0.25, 0.3) is 10.9 Å². The Morgan fingerprint density at radius 3 is 2.68 bits per heavy atom. The lowest BCUT2D eigenvalue weighted by atomic mass is 9.95. The van der Waals surface area contributed by atoms with E-state index in [-0.39, 0.29) is 12.3 Å². The van der Waals surface area contributed by atoms with E-state index in [9.17, 15) is 14.7 Å². The molecule has 1 atom stereocenters. The van der Waals surface area contributed by atoms with Gasteiger partial charge in [-0.05, 0) is 85.5 Å². The van der Waals surface area contributed by atoms with Crippen molar-refractivity contribution in [3.63, 3.8) is 0 Å². The molecule has 7 heteroatoms. The van der Waals surface area contributed by atoms with Gasteiger partial charge in [0, 0.05) is 36.4 Å². The second-order valence-electron chi connectivity index (χ2n) is 10.0. The summed E-state index contributed by atoms with van der Waals surface area (Å²) >= 11 is 0. The number of carbonyl (C=O) groups excluding carboxylic acids is 1. The van der Waals surface area contributed by atoms with E-state index in [1.807, 2.05) is 12.1 Å². The Kier molecular flexibility index (Phi) is 7.04. The van der Waals surface area contributed by atoms with E-state index in [1.165, 1.54) is 34.6 Å². The largest absolute Gasteiger partial charge is 0.481 e. The van der Waals surface area contributed by atoms with Gasteiger partial charge in [0.05, 0.1) is 24.2 Å². The zero-order valence-electron chi connectivity index (χ0n) is 21.4. The van der Waals surface area contributed by atoms with Crippen molar-refractivity contribution in [1.29, 1.82) is 0 Å². The Morgan fingerprint density at radius 1 is 1.03 bits per heavy atom. The van der Waals surface area contributed by atoms with Gasteiger partial charge >= 0.3 is 5.97 Å². The highest BCUT2D eigenvalue weighted by atomic mass is 16.4. The molecule has 2 aromatic carbocycles. The molecule has 0 aliphatic heterocycles. The molecule has 4 aromatic rings. The average molecular weight is 497 g/mol. The van der Waals surface area contributed by atoms with Crippen molar-refractivity contribution in [3.8, 4) is 0 Å². The number of aromatic nitrogens is 3. The first-order valence-electron chi connectivity index (χ1n) is 12.9. The fraction of sp³-hybridized carbons (Fsp3) is 0.333. The summed E-state index contributed by atoms with van der Waals surface area (Å²) < 4.78 is 1.76. The van der Waals surface area contributed by atoms with Gasteiger partial charge in [-0.3, -0.25) is 19.3 Å². The maximum absolute atomic E-state index is 12.5. The third kappa shape index (κ3) is 5.40. The molecule has 0 saturated heterocycles. The summed E-state index contributed by atoms with van der Waals surface area (Å²) in [5.41, 5.74) is 7.11.